The summed E-state index contributed by atoms with van der Waals surface area (Å²) < 4.78 is 2.12. The summed E-state index contributed by atoms with van der Waals surface area (Å²) in [5.41, 5.74) is 1.93. The van der Waals surface area contributed by atoms with E-state index in [1.165, 1.54) is 30.6 Å². The van der Waals surface area contributed by atoms with Gasteiger partial charge in [-0.05, 0) is 57.1 Å². The second-order valence-corrected chi connectivity index (χ2v) is 9.94. The predicted octanol–water partition coefficient (Wildman–Crippen LogP) is 5.03. The smallest absolute Gasteiger partial charge is 0.225 e. The molecule has 1 aliphatic rings. The van der Waals surface area contributed by atoms with Gasteiger partial charge in [0.1, 0.15) is 0 Å². The summed E-state index contributed by atoms with van der Waals surface area (Å²) in [6.45, 7) is 7.11. The fourth-order valence-electron chi connectivity index (χ4n) is 3.78. The van der Waals surface area contributed by atoms with E-state index in [0.29, 0.717) is 17.3 Å². The molecule has 170 valence electrons. The van der Waals surface area contributed by atoms with E-state index in [1.54, 1.807) is 23.6 Å². The quantitative estimate of drug-likeness (QED) is 0.412. The molecule has 0 unspecified atom stereocenters. The predicted molar refractivity (Wildman–Crippen MR) is 131 cm³/mol. The van der Waals surface area contributed by atoms with Crippen LogP contribution in [0, 0.1) is 0 Å². The average molecular weight is 491 g/mol. The molecule has 0 radical (unpaired) electrons. The van der Waals surface area contributed by atoms with Crippen LogP contribution in [0.25, 0.3) is 5.69 Å². The summed E-state index contributed by atoms with van der Waals surface area (Å²) in [6, 6.07) is 7.79. The number of piperidine rings is 1. The number of thiazole rings is 1. The van der Waals surface area contributed by atoms with Crippen LogP contribution in [0.4, 0.5) is 5.13 Å². The summed E-state index contributed by atoms with van der Waals surface area (Å²) >= 11 is 9.22. The highest BCUT2D eigenvalue weighted by atomic mass is 35.5. The third kappa shape index (κ3) is 5.51. The number of likely N-dealkylation sites (tertiary alicyclic amines) is 1. The van der Waals surface area contributed by atoms with Gasteiger partial charge < -0.3 is 0 Å². The van der Waals surface area contributed by atoms with Crippen LogP contribution < -0.4 is 4.90 Å². The van der Waals surface area contributed by atoms with E-state index in [1.807, 2.05) is 36.6 Å². The lowest BCUT2D eigenvalue weighted by atomic mass is 10.1. The fourth-order valence-corrected chi connectivity index (χ4v) is 5.81. The van der Waals surface area contributed by atoms with E-state index in [-0.39, 0.29) is 5.91 Å². The zero-order valence-corrected chi connectivity index (χ0v) is 20.7. The monoisotopic (exact) mass is 490 g/mol. The molecule has 0 N–H and O–H groups in total. The maximum Gasteiger partial charge on any atom is 0.225 e. The summed E-state index contributed by atoms with van der Waals surface area (Å²) in [7, 11) is 0. The summed E-state index contributed by atoms with van der Waals surface area (Å²) in [6.07, 6.45) is 3.77. The lowest BCUT2D eigenvalue weighted by molar-refractivity contribution is -0.116. The van der Waals surface area contributed by atoms with Gasteiger partial charge in [-0.1, -0.05) is 29.8 Å². The zero-order valence-electron chi connectivity index (χ0n) is 18.3. The van der Waals surface area contributed by atoms with Crippen molar-refractivity contribution in [2.45, 2.75) is 50.6 Å². The highest BCUT2D eigenvalue weighted by Crippen LogP contribution is 2.29. The topological polar surface area (TPSA) is 67.2 Å². The highest BCUT2D eigenvalue weighted by Gasteiger charge is 2.20. The van der Waals surface area contributed by atoms with E-state index >= 15 is 0 Å². The average Bonchev–Trinajstić information content (AvgIpc) is 3.41. The van der Waals surface area contributed by atoms with Gasteiger partial charge in [0.2, 0.25) is 5.91 Å². The molecule has 1 saturated heterocycles. The molecule has 10 heteroatoms. The number of hydrogen-bond acceptors (Lipinski definition) is 7. The van der Waals surface area contributed by atoms with Gasteiger partial charge in [-0.25, -0.2) is 4.98 Å². The molecule has 0 saturated carbocycles. The molecule has 1 aromatic carbocycles. The Balaban J connectivity index is 1.55. The first-order valence-electron chi connectivity index (χ1n) is 10.8. The summed E-state index contributed by atoms with van der Waals surface area (Å²) in [4.78, 5) is 20.6. The number of thioether (sulfide) groups is 1. The first-order valence-corrected chi connectivity index (χ1v) is 13.1. The number of rotatable bonds is 8. The van der Waals surface area contributed by atoms with Gasteiger partial charge in [-0.2, -0.15) is 0 Å². The van der Waals surface area contributed by atoms with Crippen molar-refractivity contribution in [2.24, 2.45) is 0 Å². The largest absolute Gasteiger partial charge is 0.296 e. The van der Waals surface area contributed by atoms with Crippen molar-refractivity contribution >= 4 is 45.7 Å². The molecule has 1 amide bonds. The second-order valence-electron chi connectivity index (χ2n) is 7.72. The van der Waals surface area contributed by atoms with Crippen LogP contribution in [0.1, 0.15) is 44.6 Å². The molecule has 0 aliphatic carbocycles. The van der Waals surface area contributed by atoms with Gasteiger partial charge in [0.25, 0.3) is 0 Å². The van der Waals surface area contributed by atoms with Crippen molar-refractivity contribution in [1.29, 1.82) is 0 Å². The Morgan fingerprint density at radius 2 is 1.94 bits per heavy atom. The van der Waals surface area contributed by atoms with Crippen molar-refractivity contribution in [3.8, 4) is 5.69 Å². The SMILES string of the molecule is CCN(C(C)=O)c1nc(CSc2nnc(CN3CCCCC3)n2-c2ccc(Cl)cc2)cs1. The van der Waals surface area contributed by atoms with E-state index < -0.39 is 0 Å². The fraction of sp³-hybridized carbons (Fsp3) is 0.455. The Labute approximate surface area is 201 Å². The minimum Gasteiger partial charge on any atom is -0.296 e. The van der Waals surface area contributed by atoms with Crippen molar-refractivity contribution in [2.75, 3.05) is 24.5 Å². The van der Waals surface area contributed by atoms with E-state index in [9.17, 15) is 4.79 Å². The van der Waals surface area contributed by atoms with E-state index in [4.69, 9.17) is 11.6 Å². The Morgan fingerprint density at radius 1 is 1.19 bits per heavy atom. The van der Waals surface area contributed by atoms with Gasteiger partial charge >= 0.3 is 0 Å². The lowest BCUT2D eigenvalue weighted by Crippen LogP contribution is -2.30. The number of aromatic nitrogens is 4. The molecule has 1 fully saturated rings. The maximum atomic E-state index is 11.8. The molecule has 0 atom stereocenters. The van der Waals surface area contributed by atoms with Crippen molar-refractivity contribution in [3.05, 3.63) is 46.2 Å². The summed E-state index contributed by atoms with van der Waals surface area (Å²) in [5, 5.41) is 13.3. The third-order valence-electron chi connectivity index (χ3n) is 5.41. The van der Waals surface area contributed by atoms with Crippen molar-refractivity contribution in [1.82, 2.24) is 24.6 Å². The van der Waals surface area contributed by atoms with Crippen molar-refractivity contribution < 1.29 is 4.79 Å². The van der Waals surface area contributed by atoms with Crippen LogP contribution in [0.3, 0.4) is 0 Å². The van der Waals surface area contributed by atoms with E-state index in [2.05, 4.69) is 24.6 Å². The number of benzene rings is 1. The van der Waals surface area contributed by atoms with E-state index in [0.717, 1.165) is 47.1 Å². The van der Waals surface area contributed by atoms with Crippen LogP contribution in [0.5, 0.6) is 0 Å². The number of hydrogen-bond donors (Lipinski definition) is 0. The molecule has 3 heterocycles. The Bertz CT molecular complexity index is 1050. The first-order chi connectivity index (χ1) is 15.5. The van der Waals surface area contributed by atoms with Crippen LogP contribution in [0.15, 0.2) is 34.8 Å². The lowest BCUT2D eigenvalue weighted by Gasteiger charge is -2.26. The molecule has 2 aromatic heterocycles. The maximum absolute atomic E-state index is 11.8. The number of amides is 1. The second kappa shape index (κ2) is 10.8. The van der Waals surface area contributed by atoms with Gasteiger partial charge in [0.15, 0.2) is 16.1 Å². The normalized spacial score (nSPS) is 14.6. The molecule has 32 heavy (non-hydrogen) atoms. The van der Waals surface area contributed by atoms with Crippen LogP contribution in [-0.2, 0) is 17.1 Å². The van der Waals surface area contributed by atoms with Crippen LogP contribution in [0.2, 0.25) is 5.02 Å². The molecule has 0 bridgehead atoms. The number of carbonyl (C=O) groups is 1. The third-order valence-corrected chi connectivity index (χ3v) is 7.54. The molecule has 0 spiro atoms. The van der Waals surface area contributed by atoms with Crippen molar-refractivity contribution in [3.63, 3.8) is 0 Å². The first kappa shape index (κ1) is 23.2. The summed E-state index contributed by atoms with van der Waals surface area (Å²) in [5.74, 6) is 1.59. The molecule has 3 aromatic rings. The minimum atomic E-state index is 0.00545. The standard InChI is InChI=1S/C22H27ClN6OS2/c1-3-28(16(2)30)21-24-18(14-31-21)15-32-22-26-25-20(13-27-11-5-4-6-12-27)29(22)19-9-7-17(23)8-10-19/h7-10,14H,3-6,11-13,15H2,1-2H3. The number of carbonyl (C=O) groups excluding carboxylic acids is 1. The van der Waals surface area contributed by atoms with Gasteiger partial charge in [0, 0.05) is 35.3 Å². The Morgan fingerprint density at radius 3 is 2.62 bits per heavy atom. The minimum absolute atomic E-state index is 0.00545. The van der Waals surface area contributed by atoms with Gasteiger partial charge in [-0.3, -0.25) is 19.2 Å². The molecule has 1 aliphatic heterocycles. The van der Waals surface area contributed by atoms with Gasteiger partial charge in [0.05, 0.1) is 12.2 Å². The number of anilines is 1. The molecular weight excluding hydrogens is 464 g/mol. The highest BCUT2D eigenvalue weighted by molar-refractivity contribution is 7.98. The van der Waals surface area contributed by atoms with Crippen LogP contribution >= 0.6 is 34.7 Å². The number of nitrogens with zero attached hydrogens (tertiary/aromatic N) is 6. The Kier molecular flexibility index (Phi) is 7.83. The zero-order chi connectivity index (χ0) is 22.5. The van der Waals surface area contributed by atoms with Gasteiger partial charge in [-0.15, -0.1) is 21.5 Å². The Hall–Kier alpha value is -1.94. The molecule has 7 nitrogen and oxygen atoms in total. The molecule has 4 rings (SSSR count). The van der Waals surface area contributed by atoms with Crippen LogP contribution in [-0.4, -0.2) is 50.2 Å². The molecular formula is C22H27ClN6OS2. The number of halogens is 1.